The third-order valence-corrected chi connectivity index (χ3v) is 3.55. The molecule has 2 heterocycles. The van der Waals surface area contributed by atoms with Crippen molar-refractivity contribution in [2.75, 3.05) is 5.73 Å². The number of ketones is 1. The van der Waals surface area contributed by atoms with Crippen molar-refractivity contribution in [3.8, 4) is 0 Å². The number of carbonyl (C=O) groups excluding carboxylic acids is 1. The normalized spacial score (nSPS) is 10.8. The molecule has 0 spiro atoms. The molecule has 3 N–H and O–H groups in total. The molecule has 0 atom stereocenters. The molecule has 3 rings (SSSR count). The highest BCUT2D eigenvalue weighted by molar-refractivity contribution is 6.10. The molecule has 23 heavy (non-hydrogen) atoms. The number of carbonyl (C=O) groups is 2. The average Bonchev–Trinajstić information content (AvgIpc) is 2.90. The summed E-state index contributed by atoms with van der Waals surface area (Å²) in [4.78, 5) is 27.4. The number of aliphatic carboxylic acids is 1. The number of furan rings is 1. The van der Waals surface area contributed by atoms with E-state index in [1.54, 1.807) is 30.3 Å². The second-order valence-corrected chi connectivity index (χ2v) is 5.12. The lowest BCUT2D eigenvalue weighted by molar-refractivity contribution is -0.136. The summed E-state index contributed by atoms with van der Waals surface area (Å²) in [5.41, 5.74) is 7.83. The van der Waals surface area contributed by atoms with Crippen LogP contribution in [-0.2, 0) is 11.2 Å². The Morgan fingerprint density at radius 2 is 1.91 bits per heavy atom. The van der Waals surface area contributed by atoms with Crippen LogP contribution in [0.5, 0.6) is 0 Å². The van der Waals surface area contributed by atoms with Gasteiger partial charge in [-0.2, -0.15) is 0 Å². The first kappa shape index (κ1) is 14.8. The fourth-order valence-corrected chi connectivity index (χ4v) is 2.46. The zero-order valence-corrected chi connectivity index (χ0v) is 12.2. The van der Waals surface area contributed by atoms with Gasteiger partial charge in [0, 0.05) is 41.0 Å². The Balaban J connectivity index is 2.13. The topological polar surface area (TPSA) is 106 Å². The summed E-state index contributed by atoms with van der Waals surface area (Å²) in [6.45, 7) is 0. The van der Waals surface area contributed by atoms with Crippen molar-refractivity contribution in [3.63, 3.8) is 0 Å². The maximum atomic E-state index is 12.7. The SMILES string of the molecule is Nc1ccc2oc(C(=O)c3ccncc3)c(CCC(=O)O)c2c1. The van der Waals surface area contributed by atoms with Crippen LogP contribution in [-0.4, -0.2) is 21.8 Å². The summed E-state index contributed by atoms with van der Waals surface area (Å²) in [5, 5.41) is 9.61. The van der Waals surface area contributed by atoms with E-state index in [0.717, 1.165) is 0 Å². The second kappa shape index (κ2) is 5.92. The lowest BCUT2D eigenvalue weighted by Gasteiger charge is -2.02. The van der Waals surface area contributed by atoms with Crippen LogP contribution in [0, 0.1) is 0 Å². The van der Waals surface area contributed by atoms with Crippen LogP contribution < -0.4 is 5.73 Å². The molecule has 3 aromatic rings. The van der Waals surface area contributed by atoms with E-state index < -0.39 is 5.97 Å². The van der Waals surface area contributed by atoms with Crippen molar-refractivity contribution in [3.05, 3.63) is 59.6 Å². The number of anilines is 1. The summed E-state index contributed by atoms with van der Waals surface area (Å²) in [5.74, 6) is -1.09. The molecule has 0 aliphatic carbocycles. The molecule has 116 valence electrons. The molecule has 0 aliphatic heterocycles. The minimum Gasteiger partial charge on any atom is -0.481 e. The van der Waals surface area contributed by atoms with Gasteiger partial charge in [-0.05, 0) is 36.8 Å². The van der Waals surface area contributed by atoms with E-state index >= 15 is 0 Å². The summed E-state index contributed by atoms with van der Waals surface area (Å²) >= 11 is 0. The highest BCUT2D eigenvalue weighted by Gasteiger charge is 2.22. The van der Waals surface area contributed by atoms with Crippen LogP contribution in [0.3, 0.4) is 0 Å². The molecular weight excluding hydrogens is 296 g/mol. The molecule has 0 saturated heterocycles. The number of nitrogen functional groups attached to an aromatic ring is 1. The first-order chi connectivity index (χ1) is 11.1. The second-order valence-electron chi connectivity index (χ2n) is 5.12. The fraction of sp³-hybridized carbons (Fsp3) is 0.118. The number of fused-ring (bicyclic) bond motifs is 1. The molecule has 0 unspecified atom stereocenters. The fourth-order valence-electron chi connectivity index (χ4n) is 2.46. The first-order valence-corrected chi connectivity index (χ1v) is 7.03. The number of hydrogen-bond acceptors (Lipinski definition) is 5. The van der Waals surface area contributed by atoms with Crippen molar-refractivity contribution in [2.24, 2.45) is 0 Å². The zero-order valence-electron chi connectivity index (χ0n) is 12.2. The van der Waals surface area contributed by atoms with Crippen molar-refractivity contribution in [1.29, 1.82) is 0 Å². The van der Waals surface area contributed by atoms with Crippen LogP contribution in [0.2, 0.25) is 0 Å². The van der Waals surface area contributed by atoms with E-state index in [1.807, 2.05) is 0 Å². The predicted octanol–water partition coefficient (Wildman–Crippen LogP) is 2.66. The molecule has 6 heteroatoms. The van der Waals surface area contributed by atoms with Gasteiger partial charge in [-0.3, -0.25) is 14.6 Å². The summed E-state index contributed by atoms with van der Waals surface area (Å²) in [6.07, 6.45) is 3.13. The Morgan fingerprint density at radius 1 is 1.17 bits per heavy atom. The van der Waals surface area contributed by atoms with Gasteiger partial charge in [0.25, 0.3) is 0 Å². The minimum atomic E-state index is -0.939. The maximum Gasteiger partial charge on any atom is 0.303 e. The number of rotatable bonds is 5. The van der Waals surface area contributed by atoms with Gasteiger partial charge >= 0.3 is 5.97 Å². The van der Waals surface area contributed by atoms with E-state index in [4.69, 9.17) is 15.3 Å². The number of aromatic nitrogens is 1. The van der Waals surface area contributed by atoms with E-state index in [1.165, 1.54) is 12.4 Å². The van der Waals surface area contributed by atoms with Crippen LogP contribution in [0.1, 0.15) is 28.1 Å². The van der Waals surface area contributed by atoms with Gasteiger partial charge in [0.05, 0.1) is 0 Å². The quantitative estimate of drug-likeness (QED) is 0.554. The van der Waals surface area contributed by atoms with Gasteiger partial charge in [-0.25, -0.2) is 0 Å². The smallest absolute Gasteiger partial charge is 0.303 e. The monoisotopic (exact) mass is 310 g/mol. The minimum absolute atomic E-state index is 0.0972. The standard InChI is InChI=1S/C17H14N2O4/c18-11-1-3-14-13(9-11)12(2-4-15(20)21)17(23-14)16(22)10-5-7-19-8-6-10/h1,3,5-9H,2,4,18H2,(H,20,21). The van der Waals surface area contributed by atoms with Crippen LogP contribution >= 0.6 is 0 Å². The summed E-state index contributed by atoms with van der Waals surface area (Å²) in [7, 11) is 0. The predicted molar refractivity (Wildman–Crippen MR) is 84.3 cm³/mol. The average molecular weight is 310 g/mol. The van der Waals surface area contributed by atoms with Crippen molar-refractivity contribution < 1.29 is 19.1 Å². The lowest BCUT2D eigenvalue weighted by Crippen LogP contribution is -2.05. The highest BCUT2D eigenvalue weighted by Crippen LogP contribution is 2.30. The Bertz CT molecular complexity index is 884. The van der Waals surface area contributed by atoms with Gasteiger partial charge in [0.1, 0.15) is 5.58 Å². The van der Waals surface area contributed by atoms with Crippen molar-refractivity contribution >= 4 is 28.4 Å². The van der Waals surface area contributed by atoms with Gasteiger partial charge in [0.15, 0.2) is 5.76 Å². The molecule has 0 bridgehead atoms. The molecule has 6 nitrogen and oxygen atoms in total. The van der Waals surface area contributed by atoms with E-state index in [9.17, 15) is 9.59 Å². The Morgan fingerprint density at radius 3 is 2.61 bits per heavy atom. The van der Waals surface area contributed by atoms with Gasteiger partial charge in [-0.15, -0.1) is 0 Å². The number of aryl methyl sites for hydroxylation is 1. The highest BCUT2D eigenvalue weighted by atomic mass is 16.4. The van der Waals surface area contributed by atoms with E-state index in [2.05, 4.69) is 4.98 Å². The lowest BCUT2D eigenvalue weighted by atomic mass is 10.0. The number of pyridine rings is 1. The number of carboxylic acids is 1. The molecular formula is C17H14N2O4. The van der Waals surface area contributed by atoms with Crippen molar-refractivity contribution in [2.45, 2.75) is 12.8 Å². The Hall–Kier alpha value is -3.15. The van der Waals surface area contributed by atoms with Crippen molar-refractivity contribution in [1.82, 2.24) is 4.98 Å². The van der Waals surface area contributed by atoms with E-state index in [-0.39, 0.29) is 24.4 Å². The van der Waals surface area contributed by atoms with Crippen LogP contribution in [0.15, 0.2) is 47.1 Å². The molecule has 2 aromatic heterocycles. The Kier molecular flexibility index (Phi) is 3.80. The molecule has 0 radical (unpaired) electrons. The van der Waals surface area contributed by atoms with Crippen LogP contribution in [0.4, 0.5) is 5.69 Å². The van der Waals surface area contributed by atoms with Crippen LogP contribution in [0.25, 0.3) is 11.0 Å². The first-order valence-electron chi connectivity index (χ1n) is 7.03. The third kappa shape index (κ3) is 2.91. The number of benzene rings is 1. The molecule has 0 saturated carbocycles. The number of nitrogens with two attached hydrogens (primary N) is 1. The molecule has 0 amide bonds. The molecule has 0 fully saturated rings. The zero-order chi connectivity index (χ0) is 16.4. The number of hydrogen-bond donors (Lipinski definition) is 2. The molecule has 0 aliphatic rings. The number of carboxylic acid groups (broad SMARTS) is 1. The third-order valence-electron chi connectivity index (χ3n) is 3.55. The largest absolute Gasteiger partial charge is 0.481 e. The number of nitrogens with zero attached hydrogens (tertiary/aromatic N) is 1. The van der Waals surface area contributed by atoms with Gasteiger partial charge in [0.2, 0.25) is 5.78 Å². The summed E-state index contributed by atoms with van der Waals surface area (Å²) < 4.78 is 5.68. The molecule has 1 aromatic carbocycles. The Labute approximate surface area is 131 Å². The summed E-state index contributed by atoms with van der Waals surface area (Å²) in [6, 6.07) is 8.22. The maximum absolute atomic E-state index is 12.7. The van der Waals surface area contributed by atoms with E-state index in [0.29, 0.717) is 27.8 Å². The van der Waals surface area contributed by atoms with Gasteiger partial charge < -0.3 is 15.3 Å². The van der Waals surface area contributed by atoms with Gasteiger partial charge in [-0.1, -0.05) is 0 Å².